The molecule has 6 rings (SSSR count). The van der Waals surface area contributed by atoms with Gasteiger partial charge in [0.25, 0.3) is 0 Å². The molecule has 0 bridgehead atoms. The Morgan fingerprint density at radius 1 is 0.356 bits per heavy atom. The number of hydrogen-bond donors (Lipinski definition) is 0. The van der Waals surface area contributed by atoms with Crippen LogP contribution in [0.5, 0.6) is 0 Å². The third-order valence-electron chi connectivity index (χ3n) is 11.5. The zero-order valence-electron chi connectivity index (χ0n) is 36.2. The molecule has 0 radical (unpaired) electrons. The molecule has 0 aliphatic rings. The summed E-state index contributed by atoms with van der Waals surface area (Å²) in [5.74, 6) is 0. The fourth-order valence-electron chi connectivity index (χ4n) is 7.70. The molecule has 4 aromatic carbocycles. The Kier molecular flexibility index (Phi) is 17.4. The fourth-order valence-corrected chi connectivity index (χ4v) is 7.70. The van der Waals surface area contributed by atoms with Crippen molar-refractivity contribution >= 4 is 0 Å². The van der Waals surface area contributed by atoms with Gasteiger partial charge in [-0.15, -0.1) is 0 Å². The molecule has 0 N–H and O–H groups in total. The highest BCUT2D eigenvalue weighted by atomic mass is 16.5. The number of nitrogens with zero attached hydrogens (tertiary/aromatic N) is 4. The van der Waals surface area contributed by atoms with E-state index in [-0.39, 0.29) is 0 Å². The van der Waals surface area contributed by atoms with E-state index >= 15 is 0 Å². The van der Waals surface area contributed by atoms with Crippen molar-refractivity contribution in [2.75, 3.05) is 0 Å². The maximum atomic E-state index is 7.26. The maximum absolute atomic E-state index is 7.26. The topological polar surface area (TPSA) is 60.8 Å². The minimum Gasteiger partial charge on any atom is -0.353 e. The lowest BCUT2D eigenvalue weighted by Crippen LogP contribution is -2.16. The van der Waals surface area contributed by atoms with Crippen LogP contribution in [0.2, 0.25) is 0 Å². The monoisotopic (exact) mass is 787 g/mol. The van der Waals surface area contributed by atoms with Crippen LogP contribution in [-0.2, 0) is 30.4 Å². The van der Waals surface area contributed by atoms with Gasteiger partial charge in [-0.1, -0.05) is 176 Å². The van der Waals surface area contributed by atoms with Crippen LogP contribution < -0.4 is 0 Å². The van der Waals surface area contributed by atoms with Crippen molar-refractivity contribution in [3.63, 3.8) is 0 Å². The number of benzene rings is 4. The first-order valence-corrected chi connectivity index (χ1v) is 22.7. The predicted molar refractivity (Wildman–Crippen MR) is 246 cm³/mol. The minimum absolute atomic E-state index is 0.488. The average Bonchev–Trinajstić information content (AvgIpc) is 3.29. The highest BCUT2D eigenvalue weighted by molar-refractivity contribution is 5.59. The number of ether oxygens (including phenoxy) is 1. The van der Waals surface area contributed by atoms with Gasteiger partial charge in [0.2, 0.25) is 0 Å². The predicted octanol–water partition coefficient (Wildman–Crippen LogP) is 14.4. The molecule has 0 spiro atoms. The quantitative estimate of drug-likeness (QED) is 0.0572. The Labute approximate surface area is 355 Å². The van der Waals surface area contributed by atoms with Gasteiger partial charge in [-0.2, -0.15) is 0 Å². The smallest absolute Gasteiger partial charge is 0.127 e. The molecule has 5 heteroatoms. The molecule has 0 aliphatic heterocycles. The van der Waals surface area contributed by atoms with Crippen LogP contribution in [0.1, 0.15) is 162 Å². The summed E-state index contributed by atoms with van der Waals surface area (Å²) in [6.07, 6.45) is 25.7. The van der Waals surface area contributed by atoms with Crippen LogP contribution in [0, 0.1) is 0 Å². The summed E-state index contributed by atoms with van der Waals surface area (Å²) in [7, 11) is 0. The SMILES string of the molecule is CCCCCCc1ccc(-c2cnc(C(OC(c3ccc(CCCC)cc3)c3cnc(-c4ccc(CCCCCC)cc4)cn3)c3ccc(CCCC)cc3)cn2)cc1. The van der Waals surface area contributed by atoms with Gasteiger partial charge in [0, 0.05) is 11.1 Å². The first-order valence-electron chi connectivity index (χ1n) is 22.7. The van der Waals surface area contributed by atoms with Gasteiger partial charge < -0.3 is 4.74 Å². The molecular weight excluding hydrogens is 721 g/mol. The number of aromatic nitrogens is 4. The maximum Gasteiger partial charge on any atom is 0.127 e. The van der Waals surface area contributed by atoms with Gasteiger partial charge in [-0.25, -0.2) is 0 Å². The van der Waals surface area contributed by atoms with Crippen molar-refractivity contribution in [1.82, 2.24) is 19.9 Å². The molecule has 2 atom stereocenters. The first-order chi connectivity index (χ1) is 29.1. The Morgan fingerprint density at radius 2 is 0.695 bits per heavy atom. The molecule has 0 fully saturated rings. The van der Waals surface area contributed by atoms with Crippen LogP contribution in [0.15, 0.2) is 122 Å². The molecule has 0 saturated carbocycles. The molecule has 59 heavy (non-hydrogen) atoms. The fraction of sp³-hybridized carbons (Fsp3) is 0.407. The third-order valence-corrected chi connectivity index (χ3v) is 11.5. The summed E-state index contributed by atoms with van der Waals surface area (Å²) >= 11 is 0. The average molecular weight is 787 g/mol. The summed E-state index contributed by atoms with van der Waals surface area (Å²) in [6, 6.07) is 35.3. The number of rotatable bonds is 24. The molecule has 2 heterocycles. The van der Waals surface area contributed by atoms with Crippen LogP contribution in [0.25, 0.3) is 22.5 Å². The first kappa shape index (κ1) is 43.6. The van der Waals surface area contributed by atoms with E-state index < -0.39 is 12.2 Å². The second-order valence-corrected chi connectivity index (χ2v) is 16.3. The summed E-state index contributed by atoms with van der Waals surface area (Å²) in [6.45, 7) is 8.99. The van der Waals surface area contributed by atoms with Gasteiger partial charge in [0.15, 0.2) is 0 Å². The number of unbranched alkanes of at least 4 members (excludes halogenated alkanes) is 8. The van der Waals surface area contributed by atoms with Crippen molar-refractivity contribution < 1.29 is 4.74 Å². The van der Waals surface area contributed by atoms with Crippen LogP contribution in [0.4, 0.5) is 0 Å². The largest absolute Gasteiger partial charge is 0.353 e. The molecule has 2 aromatic heterocycles. The second kappa shape index (κ2) is 23.6. The second-order valence-electron chi connectivity index (χ2n) is 16.3. The lowest BCUT2D eigenvalue weighted by molar-refractivity contribution is 0.0258. The zero-order valence-corrected chi connectivity index (χ0v) is 36.2. The summed E-state index contributed by atoms with van der Waals surface area (Å²) < 4.78 is 7.26. The number of hydrogen-bond acceptors (Lipinski definition) is 5. The summed E-state index contributed by atoms with van der Waals surface area (Å²) in [4.78, 5) is 20.0. The molecule has 0 aliphatic carbocycles. The van der Waals surface area contributed by atoms with E-state index in [1.54, 1.807) is 0 Å². The van der Waals surface area contributed by atoms with Crippen LogP contribution >= 0.6 is 0 Å². The van der Waals surface area contributed by atoms with Crippen molar-refractivity contribution in [3.05, 3.63) is 167 Å². The van der Waals surface area contributed by atoms with Crippen molar-refractivity contribution in [1.29, 1.82) is 0 Å². The Balaban J connectivity index is 1.29. The van der Waals surface area contributed by atoms with Crippen molar-refractivity contribution in [3.8, 4) is 22.5 Å². The standard InChI is InChI=1S/C54H66N4O/c1-5-9-13-15-19-43-21-29-45(30-22-43)49-37-57-51(39-55-49)53(47-33-25-41(26-34-47)17-11-7-3)59-54(48-35-27-42(28-36-48)18-12-8-4)52-40-56-50(38-58-52)46-31-23-44(24-32-46)20-16-14-10-6-2/h21-40,53-54H,5-20H2,1-4H3. The zero-order chi connectivity index (χ0) is 41.1. The Morgan fingerprint density at radius 3 is 1.02 bits per heavy atom. The highest BCUT2D eigenvalue weighted by Crippen LogP contribution is 2.36. The lowest BCUT2D eigenvalue weighted by atomic mass is 9.99. The number of aryl methyl sites for hydroxylation is 4. The van der Waals surface area contributed by atoms with Crippen molar-refractivity contribution in [2.24, 2.45) is 0 Å². The van der Waals surface area contributed by atoms with E-state index in [2.05, 4.69) is 125 Å². The molecule has 308 valence electrons. The van der Waals surface area contributed by atoms with Crippen LogP contribution in [0.3, 0.4) is 0 Å². The van der Waals surface area contributed by atoms with Gasteiger partial charge in [-0.3, -0.25) is 19.9 Å². The molecular formula is C54H66N4O. The van der Waals surface area contributed by atoms with Gasteiger partial charge in [0.1, 0.15) is 12.2 Å². The Bertz CT molecular complexity index is 1910. The Hall–Kier alpha value is -5.00. The normalized spacial score (nSPS) is 12.4. The van der Waals surface area contributed by atoms with E-state index in [1.165, 1.54) is 99.3 Å². The van der Waals surface area contributed by atoms with Gasteiger partial charge in [-0.05, 0) is 84.7 Å². The molecule has 0 amide bonds. The van der Waals surface area contributed by atoms with Crippen molar-refractivity contribution in [2.45, 2.75) is 143 Å². The van der Waals surface area contributed by atoms with E-state index in [1.807, 2.05) is 24.8 Å². The van der Waals surface area contributed by atoms with E-state index in [0.717, 1.165) is 70.7 Å². The van der Waals surface area contributed by atoms with Crippen LogP contribution in [-0.4, -0.2) is 19.9 Å². The molecule has 6 aromatic rings. The third kappa shape index (κ3) is 13.0. The van der Waals surface area contributed by atoms with E-state index in [0.29, 0.717) is 0 Å². The molecule has 2 unspecified atom stereocenters. The van der Waals surface area contributed by atoms with E-state index in [4.69, 9.17) is 24.7 Å². The van der Waals surface area contributed by atoms with E-state index in [9.17, 15) is 0 Å². The van der Waals surface area contributed by atoms with Gasteiger partial charge in [0.05, 0.1) is 47.6 Å². The minimum atomic E-state index is -0.488. The highest BCUT2D eigenvalue weighted by Gasteiger charge is 2.26. The summed E-state index contributed by atoms with van der Waals surface area (Å²) in [5.41, 5.74) is 12.8. The summed E-state index contributed by atoms with van der Waals surface area (Å²) in [5, 5.41) is 0. The lowest BCUT2D eigenvalue weighted by Gasteiger charge is -2.25. The molecule has 0 saturated heterocycles. The van der Waals surface area contributed by atoms with Gasteiger partial charge >= 0.3 is 0 Å². The molecule has 5 nitrogen and oxygen atoms in total.